The molecular weight excluding hydrogens is 243 g/mol. The average molecular weight is 259 g/mol. The second-order valence-corrected chi connectivity index (χ2v) is 4.70. The number of halogens is 3. The Morgan fingerprint density at radius 3 is 2.06 bits per heavy atom. The van der Waals surface area contributed by atoms with Crippen molar-refractivity contribution >= 4 is 5.91 Å². The van der Waals surface area contributed by atoms with Gasteiger partial charge in [-0.3, -0.25) is 4.79 Å². The van der Waals surface area contributed by atoms with Crippen molar-refractivity contribution in [2.45, 2.75) is 32.4 Å². The molecule has 2 nitrogen and oxygen atoms in total. The maximum Gasteiger partial charge on any atom is 0.416 e. The molecule has 0 aliphatic heterocycles. The van der Waals surface area contributed by atoms with Crippen LogP contribution in [0.2, 0.25) is 0 Å². The van der Waals surface area contributed by atoms with E-state index in [-0.39, 0.29) is 5.92 Å². The van der Waals surface area contributed by atoms with E-state index in [4.69, 9.17) is 5.73 Å². The molecule has 18 heavy (non-hydrogen) atoms. The third-order valence-corrected chi connectivity index (χ3v) is 2.69. The first-order valence-electron chi connectivity index (χ1n) is 5.68. The number of alkyl halides is 3. The van der Waals surface area contributed by atoms with Gasteiger partial charge in [-0.2, -0.15) is 13.2 Å². The fourth-order valence-electron chi connectivity index (χ4n) is 1.79. The quantitative estimate of drug-likeness (QED) is 0.885. The van der Waals surface area contributed by atoms with E-state index in [1.165, 1.54) is 12.1 Å². The predicted octanol–water partition coefficient (Wildman–Crippen LogP) is 3.32. The summed E-state index contributed by atoms with van der Waals surface area (Å²) < 4.78 is 37.2. The van der Waals surface area contributed by atoms with E-state index in [0.29, 0.717) is 12.0 Å². The lowest BCUT2D eigenvalue weighted by atomic mass is 9.89. The molecular formula is C13H16F3NO. The van der Waals surface area contributed by atoms with Gasteiger partial charge in [0.15, 0.2) is 0 Å². The predicted molar refractivity (Wildman–Crippen MR) is 62.8 cm³/mol. The molecule has 0 saturated heterocycles. The second kappa shape index (κ2) is 5.42. The van der Waals surface area contributed by atoms with Gasteiger partial charge >= 0.3 is 6.18 Å². The van der Waals surface area contributed by atoms with Gasteiger partial charge in [0, 0.05) is 0 Å². The molecule has 0 bridgehead atoms. The van der Waals surface area contributed by atoms with Crippen LogP contribution in [0.3, 0.4) is 0 Å². The molecule has 0 fully saturated rings. The minimum absolute atomic E-state index is 0.241. The highest BCUT2D eigenvalue weighted by Gasteiger charge is 2.30. The summed E-state index contributed by atoms with van der Waals surface area (Å²) in [4.78, 5) is 11.3. The molecule has 0 spiro atoms. The molecule has 0 aliphatic rings. The molecule has 0 radical (unpaired) electrons. The van der Waals surface area contributed by atoms with Gasteiger partial charge in [0.05, 0.1) is 11.5 Å². The van der Waals surface area contributed by atoms with E-state index in [9.17, 15) is 18.0 Å². The zero-order chi connectivity index (χ0) is 13.9. The van der Waals surface area contributed by atoms with Crippen molar-refractivity contribution in [3.8, 4) is 0 Å². The first kappa shape index (κ1) is 14.5. The van der Waals surface area contributed by atoms with Gasteiger partial charge in [-0.05, 0) is 30.0 Å². The topological polar surface area (TPSA) is 43.1 Å². The number of hydrogen-bond acceptors (Lipinski definition) is 1. The Kier molecular flexibility index (Phi) is 4.38. The summed E-state index contributed by atoms with van der Waals surface area (Å²) in [5.41, 5.74) is 5.09. The highest BCUT2D eigenvalue weighted by atomic mass is 19.4. The van der Waals surface area contributed by atoms with Gasteiger partial charge < -0.3 is 5.73 Å². The van der Waals surface area contributed by atoms with Crippen LogP contribution >= 0.6 is 0 Å². The number of benzene rings is 1. The summed E-state index contributed by atoms with van der Waals surface area (Å²) in [6.07, 6.45) is -3.83. The van der Waals surface area contributed by atoms with Gasteiger partial charge in [0.2, 0.25) is 5.91 Å². The van der Waals surface area contributed by atoms with Crippen molar-refractivity contribution in [3.05, 3.63) is 35.4 Å². The molecule has 2 N–H and O–H groups in total. The maximum absolute atomic E-state index is 12.4. The fraction of sp³-hybridized carbons (Fsp3) is 0.462. The van der Waals surface area contributed by atoms with Crippen molar-refractivity contribution in [1.29, 1.82) is 0 Å². The SMILES string of the molecule is CC(C)CC(C(N)=O)c1ccc(C(F)(F)F)cc1. The zero-order valence-corrected chi connectivity index (χ0v) is 10.3. The number of carbonyl (C=O) groups is 1. The number of amides is 1. The van der Waals surface area contributed by atoms with Crippen LogP contribution in [0, 0.1) is 5.92 Å². The molecule has 0 saturated carbocycles. The number of primary amides is 1. The van der Waals surface area contributed by atoms with Crippen molar-refractivity contribution in [3.63, 3.8) is 0 Å². The Morgan fingerprint density at radius 2 is 1.72 bits per heavy atom. The highest BCUT2D eigenvalue weighted by Crippen LogP contribution is 2.31. The highest BCUT2D eigenvalue weighted by molar-refractivity contribution is 5.81. The maximum atomic E-state index is 12.4. The van der Waals surface area contributed by atoms with E-state index in [1.807, 2.05) is 13.8 Å². The van der Waals surface area contributed by atoms with E-state index < -0.39 is 23.6 Å². The summed E-state index contributed by atoms with van der Waals surface area (Å²) in [5.74, 6) is -0.805. The van der Waals surface area contributed by atoms with Crippen LogP contribution in [0.15, 0.2) is 24.3 Å². The lowest BCUT2D eigenvalue weighted by molar-refractivity contribution is -0.137. The number of nitrogens with two attached hydrogens (primary N) is 1. The van der Waals surface area contributed by atoms with Crippen LogP contribution in [0.5, 0.6) is 0 Å². The van der Waals surface area contributed by atoms with E-state index in [1.54, 1.807) is 0 Å². The molecule has 0 aliphatic carbocycles. The summed E-state index contributed by atoms with van der Waals surface area (Å²) in [6, 6.07) is 4.60. The van der Waals surface area contributed by atoms with Crippen LogP contribution in [0.1, 0.15) is 37.3 Å². The van der Waals surface area contributed by atoms with Crippen molar-refractivity contribution in [2.24, 2.45) is 11.7 Å². The van der Waals surface area contributed by atoms with Gasteiger partial charge in [0.25, 0.3) is 0 Å². The van der Waals surface area contributed by atoms with Crippen LogP contribution in [-0.2, 0) is 11.0 Å². The second-order valence-electron chi connectivity index (χ2n) is 4.70. The molecule has 1 aromatic rings. The number of carbonyl (C=O) groups excluding carboxylic acids is 1. The Morgan fingerprint density at radius 1 is 1.22 bits per heavy atom. The van der Waals surface area contributed by atoms with Gasteiger partial charge in [-0.1, -0.05) is 26.0 Å². The van der Waals surface area contributed by atoms with E-state index in [2.05, 4.69) is 0 Å². The number of rotatable bonds is 4. The molecule has 1 rings (SSSR count). The molecule has 0 aromatic heterocycles. The fourth-order valence-corrected chi connectivity index (χ4v) is 1.79. The first-order valence-corrected chi connectivity index (χ1v) is 5.68. The monoisotopic (exact) mass is 259 g/mol. The third-order valence-electron chi connectivity index (χ3n) is 2.69. The Balaban J connectivity index is 2.98. The van der Waals surface area contributed by atoms with Crippen molar-refractivity contribution in [2.75, 3.05) is 0 Å². The van der Waals surface area contributed by atoms with Gasteiger partial charge in [-0.25, -0.2) is 0 Å². The molecule has 1 unspecified atom stereocenters. The van der Waals surface area contributed by atoms with Crippen LogP contribution in [0.4, 0.5) is 13.2 Å². The molecule has 1 atom stereocenters. The summed E-state index contributed by atoms with van der Waals surface area (Å²) in [7, 11) is 0. The Hall–Kier alpha value is -1.52. The average Bonchev–Trinajstić information content (AvgIpc) is 2.24. The molecule has 1 amide bonds. The smallest absolute Gasteiger partial charge is 0.369 e. The number of hydrogen-bond donors (Lipinski definition) is 1. The van der Waals surface area contributed by atoms with Crippen LogP contribution < -0.4 is 5.73 Å². The van der Waals surface area contributed by atoms with Crippen molar-refractivity contribution in [1.82, 2.24) is 0 Å². The van der Waals surface area contributed by atoms with E-state index in [0.717, 1.165) is 12.1 Å². The van der Waals surface area contributed by atoms with Crippen molar-refractivity contribution < 1.29 is 18.0 Å². The Labute approximate surface area is 104 Å². The largest absolute Gasteiger partial charge is 0.416 e. The molecule has 5 heteroatoms. The lowest BCUT2D eigenvalue weighted by Crippen LogP contribution is -2.23. The molecule has 0 heterocycles. The van der Waals surface area contributed by atoms with Gasteiger partial charge in [-0.15, -0.1) is 0 Å². The van der Waals surface area contributed by atoms with Crippen LogP contribution in [-0.4, -0.2) is 5.91 Å². The van der Waals surface area contributed by atoms with Gasteiger partial charge in [0.1, 0.15) is 0 Å². The summed E-state index contributed by atoms with van der Waals surface area (Å²) >= 11 is 0. The standard InChI is InChI=1S/C13H16F3NO/c1-8(2)7-11(12(17)18)9-3-5-10(6-4-9)13(14,15)16/h3-6,8,11H,7H2,1-2H3,(H2,17,18). The first-order chi connectivity index (χ1) is 8.21. The summed E-state index contributed by atoms with van der Waals surface area (Å²) in [5, 5.41) is 0. The van der Waals surface area contributed by atoms with Crippen LogP contribution in [0.25, 0.3) is 0 Å². The molecule has 100 valence electrons. The normalized spacial score (nSPS) is 13.7. The minimum Gasteiger partial charge on any atom is -0.369 e. The lowest BCUT2D eigenvalue weighted by Gasteiger charge is -2.16. The summed E-state index contributed by atoms with van der Waals surface area (Å²) in [6.45, 7) is 3.86. The zero-order valence-electron chi connectivity index (χ0n) is 10.3. The van der Waals surface area contributed by atoms with E-state index >= 15 is 0 Å². The molecule has 1 aromatic carbocycles. The Bertz CT molecular complexity index is 409. The minimum atomic E-state index is -4.36. The third kappa shape index (κ3) is 3.75.